The average molecular weight is 558 g/mol. The van der Waals surface area contributed by atoms with Crippen LogP contribution in [0.4, 0.5) is 5.69 Å². The van der Waals surface area contributed by atoms with Gasteiger partial charge < -0.3 is 25.2 Å². The van der Waals surface area contributed by atoms with Crippen LogP contribution in [0, 0.1) is 17.2 Å². The van der Waals surface area contributed by atoms with Crippen molar-refractivity contribution in [2.75, 3.05) is 25.5 Å². The SMILES string of the molecule is CC(C)C[C@@H](C(=O)N1C[C@]2(C[C@H]1C#N)C(=O)Nc1ccccc12)N(C)C(=O)[C@H](C)NC(=O)c1ccc2c(c1)OCC2. The molecule has 10 heteroatoms. The van der Waals surface area contributed by atoms with E-state index in [-0.39, 0.29) is 30.7 Å². The summed E-state index contributed by atoms with van der Waals surface area (Å²) < 4.78 is 5.56. The molecular formula is C31H35N5O5. The van der Waals surface area contributed by atoms with E-state index in [1.807, 2.05) is 44.2 Å². The number of rotatable bonds is 7. The minimum atomic E-state index is -1.02. The Bertz CT molecular complexity index is 1450. The Morgan fingerprint density at radius 1 is 1.22 bits per heavy atom. The second-order valence-corrected chi connectivity index (χ2v) is 11.6. The maximum absolute atomic E-state index is 14.1. The molecular weight excluding hydrogens is 522 g/mol. The molecule has 1 fully saturated rings. The molecule has 2 aromatic carbocycles. The molecule has 3 aliphatic rings. The molecule has 0 saturated carbocycles. The summed E-state index contributed by atoms with van der Waals surface area (Å²) >= 11 is 0. The minimum Gasteiger partial charge on any atom is -0.493 e. The second-order valence-electron chi connectivity index (χ2n) is 11.6. The summed E-state index contributed by atoms with van der Waals surface area (Å²) in [6.07, 6.45) is 1.33. The Balaban J connectivity index is 1.34. The smallest absolute Gasteiger partial charge is 0.252 e. The molecule has 0 radical (unpaired) electrons. The van der Waals surface area contributed by atoms with Crippen LogP contribution in [0.2, 0.25) is 0 Å². The monoisotopic (exact) mass is 557 g/mol. The maximum Gasteiger partial charge on any atom is 0.252 e. The van der Waals surface area contributed by atoms with Gasteiger partial charge in [0.15, 0.2) is 0 Å². The lowest BCUT2D eigenvalue weighted by Crippen LogP contribution is -2.55. The molecule has 41 heavy (non-hydrogen) atoms. The maximum atomic E-state index is 14.1. The summed E-state index contributed by atoms with van der Waals surface area (Å²) in [5, 5.41) is 15.7. The zero-order valence-corrected chi connectivity index (χ0v) is 23.8. The molecule has 4 amide bonds. The predicted octanol–water partition coefficient (Wildman–Crippen LogP) is 2.63. The molecule has 3 aliphatic heterocycles. The van der Waals surface area contributed by atoms with Gasteiger partial charge in [0.25, 0.3) is 5.91 Å². The Hall–Kier alpha value is -4.39. The molecule has 1 spiro atoms. The number of benzene rings is 2. The molecule has 10 nitrogen and oxygen atoms in total. The van der Waals surface area contributed by atoms with Crippen LogP contribution in [0.25, 0.3) is 0 Å². The quantitative estimate of drug-likeness (QED) is 0.538. The summed E-state index contributed by atoms with van der Waals surface area (Å²) in [7, 11) is 1.55. The Labute approximate surface area is 239 Å². The summed E-state index contributed by atoms with van der Waals surface area (Å²) in [6.45, 7) is 6.12. The molecule has 0 bridgehead atoms. The van der Waals surface area contributed by atoms with Crippen LogP contribution in [0.15, 0.2) is 42.5 Å². The van der Waals surface area contributed by atoms with Gasteiger partial charge in [-0.2, -0.15) is 5.26 Å². The van der Waals surface area contributed by atoms with Gasteiger partial charge in [0.1, 0.15) is 23.9 Å². The van der Waals surface area contributed by atoms with Gasteiger partial charge >= 0.3 is 0 Å². The summed E-state index contributed by atoms with van der Waals surface area (Å²) in [6, 6.07) is 12.2. The number of fused-ring (bicyclic) bond motifs is 3. The van der Waals surface area contributed by atoms with E-state index < -0.39 is 35.4 Å². The van der Waals surface area contributed by atoms with Gasteiger partial charge in [-0.25, -0.2) is 0 Å². The zero-order valence-electron chi connectivity index (χ0n) is 23.8. The number of amides is 4. The number of hydrogen-bond donors (Lipinski definition) is 2. The largest absolute Gasteiger partial charge is 0.493 e. The van der Waals surface area contributed by atoms with Crippen molar-refractivity contribution in [1.82, 2.24) is 15.1 Å². The number of carbonyl (C=O) groups is 4. The van der Waals surface area contributed by atoms with Crippen molar-refractivity contribution in [2.45, 2.75) is 63.6 Å². The van der Waals surface area contributed by atoms with Crippen molar-refractivity contribution in [3.63, 3.8) is 0 Å². The van der Waals surface area contributed by atoms with Gasteiger partial charge in [-0.1, -0.05) is 38.1 Å². The topological polar surface area (TPSA) is 132 Å². The minimum absolute atomic E-state index is 0.0518. The van der Waals surface area contributed by atoms with E-state index in [1.54, 1.807) is 26.1 Å². The highest BCUT2D eigenvalue weighted by molar-refractivity contribution is 6.07. The molecule has 2 N–H and O–H groups in total. The van der Waals surface area contributed by atoms with E-state index in [9.17, 15) is 24.4 Å². The van der Waals surface area contributed by atoms with Gasteiger partial charge in [-0.15, -0.1) is 0 Å². The van der Waals surface area contributed by atoms with Crippen LogP contribution in [0.1, 0.15) is 55.1 Å². The third-order valence-electron chi connectivity index (χ3n) is 8.39. The molecule has 3 heterocycles. The zero-order chi connectivity index (χ0) is 29.5. The first-order valence-corrected chi connectivity index (χ1v) is 14.0. The highest BCUT2D eigenvalue weighted by Gasteiger charge is 2.56. The number of nitriles is 1. The number of carbonyl (C=O) groups excluding carboxylic acids is 4. The van der Waals surface area contributed by atoms with Crippen LogP contribution in [0.3, 0.4) is 0 Å². The number of ether oxygens (including phenoxy) is 1. The van der Waals surface area contributed by atoms with Crippen molar-refractivity contribution < 1.29 is 23.9 Å². The number of nitrogens with zero attached hydrogens (tertiary/aromatic N) is 3. The standard InChI is InChI=1S/C31H35N5O5/c1-18(2)13-25(35(4)28(38)19(3)33-27(37)21-10-9-20-11-12-41-26(20)14-21)29(39)36-17-31(15-22(36)16-32)23-7-5-6-8-24(23)34-30(31)40/h5-10,14,18-19,22,25H,11-13,15,17H2,1-4H3,(H,33,37)(H,34,40)/t19-,22-,25-,31-/m0/s1. The van der Waals surface area contributed by atoms with E-state index >= 15 is 0 Å². The lowest BCUT2D eigenvalue weighted by molar-refractivity contribution is -0.146. The number of para-hydroxylation sites is 1. The van der Waals surface area contributed by atoms with E-state index in [2.05, 4.69) is 16.7 Å². The number of likely N-dealkylation sites (tertiary alicyclic amines) is 1. The molecule has 0 aromatic heterocycles. The third kappa shape index (κ3) is 5.01. The van der Waals surface area contributed by atoms with Crippen molar-refractivity contribution in [3.8, 4) is 11.8 Å². The van der Waals surface area contributed by atoms with Gasteiger partial charge in [-0.3, -0.25) is 19.2 Å². The molecule has 4 atom stereocenters. The Morgan fingerprint density at radius 3 is 2.71 bits per heavy atom. The van der Waals surface area contributed by atoms with Gasteiger partial charge in [-0.05, 0) is 48.6 Å². The molecule has 1 saturated heterocycles. The van der Waals surface area contributed by atoms with Crippen LogP contribution < -0.4 is 15.4 Å². The van der Waals surface area contributed by atoms with E-state index in [4.69, 9.17) is 4.74 Å². The van der Waals surface area contributed by atoms with E-state index in [0.717, 1.165) is 17.5 Å². The lowest BCUT2D eigenvalue weighted by atomic mass is 9.80. The number of hydrogen-bond acceptors (Lipinski definition) is 6. The van der Waals surface area contributed by atoms with Crippen LogP contribution in [-0.4, -0.2) is 71.8 Å². The normalized spacial score (nSPS) is 21.9. The van der Waals surface area contributed by atoms with E-state index in [1.165, 1.54) is 9.80 Å². The third-order valence-corrected chi connectivity index (χ3v) is 8.39. The molecule has 0 aliphatic carbocycles. The lowest BCUT2D eigenvalue weighted by Gasteiger charge is -2.34. The number of nitrogens with one attached hydrogen (secondary N) is 2. The van der Waals surface area contributed by atoms with Crippen LogP contribution >= 0.6 is 0 Å². The number of anilines is 1. The highest BCUT2D eigenvalue weighted by atomic mass is 16.5. The average Bonchev–Trinajstić information content (AvgIpc) is 3.66. The fraction of sp³-hybridized carbons (Fsp3) is 0.452. The molecule has 0 unspecified atom stereocenters. The first kappa shape index (κ1) is 28.1. The first-order chi connectivity index (χ1) is 19.6. The second kappa shape index (κ2) is 10.9. The van der Waals surface area contributed by atoms with Crippen molar-refractivity contribution >= 4 is 29.3 Å². The fourth-order valence-corrected chi connectivity index (χ4v) is 6.16. The van der Waals surface area contributed by atoms with E-state index in [0.29, 0.717) is 30.0 Å². The van der Waals surface area contributed by atoms with Gasteiger partial charge in [0.05, 0.1) is 18.1 Å². The van der Waals surface area contributed by atoms with Crippen LogP contribution in [-0.2, 0) is 26.2 Å². The summed E-state index contributed by atoms with van der Waals surface area (Å²) in [5.74, 6) is -0.729. The first-order valence-electron chi connectivity index (χ1n) is 14.0. The number of likely N-dealkylation sites (N-methyl/N-ethyl adjacent to an activating group) is 1. The molecule has 2 aromatic rings. The predicted molar refractivity (Wildman–Crippen MR) is 151 cm³/mol. The molecule has 5 rings (SSSR count). The fourth-order valence-electron chi connectivity index (χ4n) is 6.16. The van der Waals surface area contributed by atoms with Crippen LogP contribution in [0.5, 0.6) is 5.75 Å². The van der Waals surface area contributed by atoms with Crippen molar-refractivity contribution in [1.29, 1.82) is 5.26 Å². The molecule has 214 valence electrons. The van der Waals surface area contributed by atoms with Gasteiger partial charge in [0, 0.05) is 37.7 Å². The summed E-state index contributed by atoms with van der Waals surface area (Å²) in [5.41, 5.74) is 1.88. The highest BCUT2D eigenvalue weighted by Crippen LogP contribution is 2.46. The Morgan fingerprint density at radius 2 is 1.98 bits per heavy atom. The van der Waals surface area contributed by atoms with Crippen molar-refractivity contribution in [2.24, 2.45) is 5.92 Å². The summed E-state index contributed by atoms with van der Waals surface area (Å²) in [4.78, 5) is 56.6. The Kier molecular flexibility index (Phi) is 7.47. The van der Waals surface area contributed by atoms with Gasteiger partial charge in [0.2, 0.25) is 17.7 Å². The van der Waals surface area contributed by atoms with Crippen molar-refractivity contribution in [3.05, 3.63) is 59.2 Å².